The second-order valence-electron chi connectivity index (χ2n) is 7.76. The minimum Gasteiger partial charge on any atom is -0.632 e. The molecule has 0 aliphatic carbocycles. The molecule has 1 fully saturated rings. The van der Waals surface area contributed by atoms with E-state index in [1.807, 2.05) is 13.1 Å². The number of hydrogen-bond acceptors (Lipinski definition) is 6. The van der Waals surface area contributed by atoms with E-state index in [-0.39, 0.29) is 25.4 Å². The molecule has 3 aliphatic heterocycles. The van der Waals surface area contributed by atoms with E-state index >= 15 is 0 Å². The number of hydroxylamine groups is 3. The maximum Gasteiger partial charge on any atom is 0.174 e. The molecule has 28 heavy (non-hydrogen) atoms. The second kappa shape index (κ2) is 7.69. The average Bonchev–Trinajstić information content (AvgIpc) is 3.08. The zero-order valence-electron chi connectivity index (χ0n) is 16.4. The topological polar surface area (TPSA) is 72.0 Å². The van der Waals surface area contributed by atoms with Crippen molar-refractivity contribution in [2.75, 3.05) is 33.3 Å². The molecule has 2 N–H and O–H groups in total. The van der Waals surface area contributed by atoms with E-state index in [9.17, 15) is 9.60 Å². The minimum atomic E-state index is -0.483. The first-order valence-corrected chi connectivity index (χ1v) is 9.94. The van der Waals surface area contributed by atoms with E-state index in [2.05, 4.69) is 20.5 Å². The third-order valence-electron chi connectivity index (χ3n) is 5.74. The summed E-state index contributed by atoms with van der Waals surface area (Å²) in [5.74, 6) is 1.08. The number of nitrogens with zero attached hydrogens (tertiary/aromatic N) is 3. The Balaban J connectivity index is 1.61. The fourth-order valence-corrected chi connectivity index (χ4v) is 4.46. The van der Waals surface area contributed by atoms with Gasteiger partial charge in [0.1, 0.15) is 30.5 Å². The summed E-state index contributed by atoms with van der Waals surface area (Å²) < 4.78 is 19.1. The highest BCUT2D eigenvalue weighted by Crippen LogP contribution is 2.32. The summed E-state index contributed by atoms with van der Waals surface area (Å²) in [6.07, 6.45) is 3.68. The van der Waals surface area contributed by atoms with Crippen LogP contribution < -0.4 is 15.4 Å². The smallest absolute Gasteiger partial charge is 0.174 e. The lowest BCUT2D eigenvalue weighted by molar-refractivity contribution is -0.890. The van der Waals surface area contributed by atoms with Gasteiger partial charge < -0.3 is 24.8 Å². The molecule has 7 nitrogen and oxygen atoms in total. The highest BCUT2D eigenvalue weighted by Gasteiger charge is 2.39. The van der Waals surface area contributed by atoms with E-state index in [1.54, 1.807) is 12.1 Å². The molecule has 3 heterocycles. The maximum atomic E-state index is 14.5. The van der Waals surface area contributed by atoms with Crippen molar-refractivity contribution in [2.45, 2.75) is 38.6 Å². The Morgan fingerprint density at radius 3 is 3.07 bits per heavy atom. The fourth-order valence-electron chi connectivity index (χ4n) is 4.46. The third kappa shape index (κ3) is 3.72. The van der Waals surface area contributed by atoms with Gasteiger partial charge in [-0.1, -0.05) is 6.92 Å². The van der Waals surface area contributed by atoms with Crippen LogP contribution in [0.4, 0.5) is 4.39 Å². The molecule has 0 radical (unpaired) electrons. The number of quaternary nitrogens is 1. The van der Waals surface area contributed by atoms with Crippen molar-refractivity contribution in [1.29, 1.82) is 0 Å². The Hall–Kier alpha value is -2.16. The van der Waals surface area contributed by atoms with Crippen LogP contribution in [0.25, 0.3) is 0 Å². The molecule has 0 aromatic heterocycles. The van der Waals surface area contributed by atoms with Gasteiger partial charge in [0.25, 0.3) is 0 Å². The first-order chi connectivity index (χ1) is 13.5. The predicted octanol–water partition coefficient (Wildman–Crippen LogP) is 1.91. The molecule has 0 spiro atoms. The van der Waals surface area contributed by atoms with Gasteiger partial charge in [-0.2, -0.15) is 0 Å². The lowest BCUT2D eigenvalue weighted by Gasteiger charge is -2.44. The normalized spacial score (nSPS) is 29.2. The molecule has 0 saturated carbocycles. The van der Waals surface area contributed by atoms with Crippen molar-refractivity contribution in [1.82, 2.24) is 15.5 Å². The number of aliphatic imine (C=N–C) groups is 1. The van der Waals surface area contributed by atoms with E-state index in [0.29, 0.717) is 17.9 Å². The van der Waals surface area contributed by atoms with E-state index in [4.69, 9.17) is 4.74 Å². The number of methoxy groups -OCH3 is 1. The van der Waals surface area contributed by atoms with E-state index < -0.39 is 10.5 Å². The Bertz CT molecular complexity index is 799. The molecule has 1 aromatic carbocycles. The molecule has 3 atom stereocenters. The molecule has 1 aromatic rings. The molecule has 1 saturated heterocycles. The molecule has 0 bridgehead atoms. The van der Waals surface area contributed by atoms with Crippen molar-refractivity contribution in [2.24, 2.45) is 4.99 Å². The Morgan fingerprint density at radius 1 is 1.46 bits per heavy atom. The molecule has 2 unspecified atom stereocenters. The lowest BCUT2D eigenvalue weighted by atomic mass is 10.1. The number of benzene rings is 1. The number of ether oxygens (including phenoxy) is 1. The van der Waals surface area contributed by atoms with Crippen LogP contribution in [0.5, 0.6) is 5.75 Å². The molecule has 152 valence electrons. The maximum absolute atomic E-state index is 14.5. The molecular formula is C20H28FN5O2. The van der Waals surface area contributed by atoms with Crippen LogP contribution in [-0.2, 0) is 6.54 Å². The van der Waals surface area contributed by atoms with Gasteiger partial charge in [-0.3, -0.25) is 10.3 Å². The van der Waals surface area contributed by atoms with Crippen molar-refractivity contribution in [3.8, 4) is 5.75 Å². The van der Waals surface area contributed by atoms with Crippen LogP contribution in [0.3, 0.4) is 0 Å². The summed E-state index contributed by atoms with van der Waals surface area (Å²) in [4.78, 5) is 6.81. The zero-order chi connectivity index (χ0) is 19.7. The molecule has 4 rings (SSSR count). The van der Waals surface area contributed by atoms with Crippen molar-refractivity contribution < 1.29 is 13.8 Å². The Morgan fingerprint density at radius 2 is 2.32 bits per heavy atom. The minimum absolute atomic E-state index is 0.0986. The summed E-state index contributed by atoms with van der Waals surface area (Å²) in [6.45, 7) is 4.60. The molecular weight excluding hydrogens is 361 g/mol. The van der Waals surface area contributed by atoms with Gasteiger partial charge in [-0.15, -0.1) is 0 Å². The van der Waals surface area contributed by atoms with Crippen LogP contribution in [-0.4, -0.2) is 61.4 Å². The van der Waals surface area contributed by atoms with Crippen molar-refractivity contribution >= 4 is 6.21 Å². The lowest BCUT2D eigenvalue weighted by Crippen LogP contribution is -2.49. The fraction of sp³-hybridized carbons (Fsp3) is 0.550. The van der Waals surface area contributed by atoms with Crippen LogP contribution in [0.15, 0.2) is 34.6 Å². The number of hydrogen-bond donors (Lipinski definition) is 2. The first-order valence-electron chi connectivity index (χ1n) is 9.94. The van der Waals surface area contributed by atoms with Gasteiger partial charge in [0.2, 0.25) is 0 Å². The largest absolute Gasteiger partial charge is 0.632 e. The highest BCUT2D eigenvalue weighted by atomic mass is 19.1. The standard InChI is InChI=1S/C20H28FN5O2/c1-3-22-20-23-10-15-12-26(27,11-14-6-7-17(28-2)9-18(14)21)13-16-5-4-8-25(16)19(15)24-20/h6-7,9-10,16,20,22,24H,3-5,8,11-13H2,1-2H3/t16?,20-,26?/m0/s1. The summed E-state index contributed by atoms with van der Waals surface area (Å²) in [6, 6.07) is 4.87. The number of halogens is 1. The third-order valence-corrected chi connectivity index (χ3v) is 5.74. The number of nitrogens with one attached hydrogen (secondary N) is 2. The van der Waals surface area contributed by atoms with Crippen molar-refractivity contribution in [3.05, 3.63) is 46.2 Å². The van der Waals surface area contributed by atoms with Crippen molar-refractivity contribution in [3.63, 3.8) is 0 Å². The quantitative estimate of drug-likeness (QED) is 0.595. The Labute approximate surface area is 165 Å². The zero-order valence-corrected chi connectivity index (χ0v) is 16.4. The van der Waals surface area contributed by atoms with Crippen LogP contribution in [0, 0.1) is 11.0 Å². The predicted molar refractivity (Wildman–Crippen MR) is 106 cm³/mol. The summed E-state index contributed by atoms with van der Waals surface area (Å²) in [7, 11) is 1.50. The van der Waals surface area contributed by atoms with E-state index in [0.717, 1.165) is 37.3 Å². The summed E-state index contributed by atoms with van der Waals surface area (Å²) in [5, 5.41) is 20.5. The summed E-state index contributed by atoms with van der Waals surface area (Å²) in [5.41, 5.74) is 1.33. The van der Waals surface area contributed by atoms with Gasteiger partial charge in [0.15, 0.2) is 6.29 Å². The number of rotatable bonds is 5. The van der Waals surface area contributed by atoms with Gasteiger partial charge in [-0.05, 0) is 31.5 Å². The van der Waals surface area contributed by atoms with Gasteiger partial charge in [-0.25, -0.2) is 4.39 Å². The SMILES string of the molecule is CCN[C@H]1N=CC2=C(N1)N1CCCC1C[N+]([O-])(Cc1ccc(OC)cc1F)C2. The van der Waals surface area contributed by atoms with Gasteiger partial charge in [0, 0.05) is 24.4 Å². The summed E-state index contributed by atoms with van der Waals surface area (Å²) >= 11 is 0. The number of fused-ring (bicyclic) bond motifs is 2. The molecule has 8 heteroatoms. The highest BCUT2D eigenvalue weighted by molar-refractivity contribution is 5.81. The van der Waals surface area contributed by atoms with Crippen LogP contribution in [0.1, 0.15) is 25.3 Å². The van der Waals surface area contributed by atoms with E-state index in [1.165, 1.54) is 13.2 Å². The average molecular weight is 389 g/mol. The first kappa shape index (κ1) is 19.2. The van der Waals surface area contributed by atoms with Gasteiger partial charge in [0.05, 0.1) is 25.3 Å². The monoisotopic (exact) mass is 389 g/mol. The molecule has 0 amide bonds. The van der Waals surface area contributed by atoms with Gasteiger partial charge >= 0.3 is 0 Å². The molecule has 3 aliphatic rings. The van der Waals surface area contributed by atoms with Crippen LogP contribution in [0.2, 0.25) is 0 Å². The Kier molecular flexibility index (Phi) is 5.27. The van der Waals surface area contributed by atoms with Crippen LogP contribution >= 0.6 is 0 Å². The second-order valence-corrected chi connectivity index (χ2v) is 7.76.